The number of hydrogen-bond donors (Lipinski definition) is 0. The van der Waals surface area contributed by atoms with Gasteiger partial charge in [-0.05, 0) is 64.0 Å². The minimum Gasteiger partial charge on any atom is -0.457 e. The number of rotatable bonds is 3. The largest absolute Gasteiger partial charge is 2.00 e. The van der Waals surface area contributed by atoms with Crippen molar-refractivity contribution in [2.45, 2.75) is 0 Å². The molecule has 2 aliphatic heterocycles. The summed E-state index contributed by atoms with van der Waals surface area (Å²) in [6.07, 6.45) is 0. The molecule has 3 aromatic heterocycles. The molecule has 5 heterocycles. The number of anilines is 1. The molecular formula is C40H25N9OZn. The Labute approximate surface area is 304 Å². The molecule has 0 saturated carbocycles. The summed E-state index contributed by atoms with van der Waals surface area (Å²) in [6, 6.07) is 37.6. The molecular weight excluding hydrogens is 688 g/mol. The minimum absolute atomic E-state index is 0. The van der Waals surface area contributed by atoms with Crippen molar-refractivity contribution in [2.75, 3.05) is 19.0 Å². The summed E-state index contributed by atoms with van der Waals surface area (Å²) in [4.78, 5) is 41.9. The zero-order valence-electron chi connectivity index (χ0n) is 27.6. The Balaban J connectivity index is 0.00000348. The quantitative estimate of drug-likeness (QED) is 0.167. The second kappa shape index (κ2) is 11.9. The third-order valence-corrected chi connectivity index (χ3v) is 8.98. The molecule has 0 N–H and O–H groups in total. The van der Waals surface area contributed by atoms with Crippen LogP contribution in [0.1, 0.15) is 0 Å². The molecule has 11 heteroatoms. The molecule has 5 aromatic carbocycles. The van der Waals surface area contributed by atoms with Gasteiger partial charge in [0, 0.05) is 64.6 Å². The van der Waals surface area contributed by atoms with Gasteiger partial charge in [-0.2, -0.15) is 0 Å². The fraction of sp³-hybridized carbons (Fsp3) is 0.0500. The van der Waals surface area contributed by atoms with Crippen molar-refractivity contribution in [2.24, 2.45) is 0 Å². The van der Waals surface area contributed by atoms with Crippen LogP contribution in [0.3, 0.4) is 0 Å². The number of nitrogens with zero attached hydrogens (tertiary/aromatic N) is 9. The molecule has 8 aromatic rings. The number of hydrogen-bond acceptors (Lipinski definition) is 8. The number of fused-ring (bicyclic) bond motifs is 20. The van der Waals surface area contributed by atoms with Gasteiger partial charge in [-0.15, -0.1) is 0 Å². The van der Waals surface area contributed by atoms with Gasteiger partial charge in [-0.3, -0.25) is 0 Å². The van der Waals surface area contributed by atoms with E-state index in [1.165, 1.54) is 0 Å². The average Bonchev–Trinajstić information content (AvgIpc) is 3.87. The molecule has 0 amide bonds. The van der Waals surface area contributed by atoms with Gasteiger partial charge in [0.05, 0.1) is 23.3 Å². The molecule has 10 rings (SSSR count). The minimum atomic E-state index is 0. The van der Waals surface area contributed by atoms with E-state index in [0.29, 0.717) is 51.6 Å². The van der Waals surface area contributed by atoms with Gasteiger partial charge >= 0.3 is 19.5 Å². The normalized spacial score (nSPS) is 11.6. The topological polar surface area (TPSA) is 118 Å². The predicted octanol–water partition coefficient (Wildman–Crippen LogP) is 7.98. The van der Waals surface area contributed by atoms with Gasteiger partial charge < -0.3 is 39.5 Å². The predicted molar refractivity (Wildman–Crippen MR) is 195 cm³/mol. The van der Waals surface area contributed by atoms with E-state index in [1.54, 1.807) is 0 Å². The molecule has 0 fully saturated rings. The van der Waals surface area contributed by atoms with Crippen molar-refractivity contribution in [1.29, 1.82) is 0 Å². The Morgan fingerprint density at radius 1 is 0.431 bits per heavy atom. The summed E-state index contributed by atoms with van der Waals surface area (Å²) >= 11 is 0. The van der Waals surface area contributed by atoms with Crippen molar-refractivity contribution >= 4 is 49.8 Å². The number of aromatic nitrogens is 8. The van der Waals surface area contributed by atoms with E-state index in [1.807, 2.05) is 134 Å². The Bertz CT molecular complexity index is 2840. The Morgan fingerprint density at radius 3 is 1.27 bits per heavy atom. The van der Waals surface area contributed by atoms with E-state index < -0.39 is 0 Å². The molecule has 0 unspecified atom stereocenters. The molecule has 2 aliphatic rings. The van der Waals surface area contributed by atoms with Crippen LogP contribution < -0.4 is 19.6 Å². The van der Waals surface area contributed by atoms with E-state index in [9.17, 15) is 0 Å². The van der Waals surface area contributed by atoms with Crippen LogP contribution in [0.4, 0.5) is 5.69 Å². The summed E-state index contributed by atoms with van der Waals surface area (Å²) in [5.41, 5.74) is 6.55. The van der Waals surface area contributed by atoms with Crippen molar-refractivity contribution in [1.82, 2.24) is 39.9 Å². The summed E-state index contributed by atoms with van der Waals surface area (Å²) < 4.78 is 6.31. The monoisotopic (exact) mass is 711 g/mol. The van der Waals surface area contributed by atoms with Crippen LogP contribution in [0.2, 0.25) is 0 Å². The standard InChI is InChI=1S/C40H25N9O.Zn/c1-49(2)22-15-17-23(18-16-22)50-24-19-20-31-32(21-24)40-47-38-30-14-8-7-13-29(30)36(45-38)43-34-26-10-4-3-9-25(26)33(41-34)42-35-27-11-5-6-12-28(27)37(44-35)46-39(31)48-40;/h3-21H,1-2H3;/q-2;+2. The van der Waals surface area contributed by atoms with Crippen LogP contribution in [-0.2, 0) is 19.5 Å². The van der Waals surface area contributed by atoms with Crippen LogP contribution in [0.5, 0.6) is 11.5 Å². The Hall–Kier alpha value is -6.32. The zero-order chi connectivity index (χ0) is 33.3. The number of ether oxygens (including phenoxy) is 1. The first-order valence-electron chi connectivity index (χ1n) is 16.1. The first-order valence-corrected chi connectivity index (χ1v) is 16.1. The van der Waals surface area contributed by atoms with Gasteiger partial charge in [0.2, 0.25) is 0 Å². The summed E-state index contributed by atoms with van der Waals surface area (Å²) in [6.45, 7) is 0. The van der Waals surface area contributed by atoms with E-state index in [0.717, 1.165) is 55.2 Å². The Kier molecular flexibility index (Phi) is 7.19. The van der Waals surface area contributed by atoms with Gasteiger partial charge in [0.15, 0.2) is 0 Å². The summed E-state index contributed by atoms with van der Waals surface area (Å²) in [5.74, 6) is 3.43. The maximum absolute atomic E-state index is 6.31. The van der Waals surface area contributed by atoms with E-state index in [2.05, 4.69) is 0 Å². The second-order valence-electron chi connectivity index (χ2n) is 12.3. The van der Waals surface area contributed by atoms with Crippen LogP contribution in [-0.4, -0.2) is 44.0 Å². The summed E-state index contributed by atoms with van der Waals surface area (Å²) in [5, 5.41) is 3.33. The van der Waals surface area contributed by atoms with E-state index >= 15 is 0 Å². The van der Waals surface area contributed by atoms with Crippen LogP contribution in [0.15, 0.2) is 115 Å². The van der Waals surface area contributed by atoms with Gasteiger partial charge in [0.1, 0.15) is 11.5 Å². The van der Waals surface area contributed by atoms with Crippen molar-refractivity contribution in [3.63, 3.8) is 0 Å². The smallest absolute Gasteiger partial charge is 0.457 e. The molecule has 0 atom stereocenters. The molecule has 0 aliphatic carbocycles. The van der Waals surface area contributed by atoms with Gasteiger partial charge in [-0.1, -0.05) is 72.8 Å². The summed E-state index contributed by atoms with van der Waals surface area (Å²) in [7, 11) is 4.02. The number of benzene rings is 5. The maximum Gasteiger partial charge on any atom is 2.00 e. The van der Waals surface area contributed by atoms with Crippen LogP contribution in [0, 0.1) is 0 Å². The van der Waals surface area contributed by atoms with Gasteiger partial charge in [-0.25, -0.2) is 9.97 Å². The molecule has 0 radical (unpaired) electrons. The average molecular weight is 713 g/mol. The molecule has 238 valence electrons. The van der Waals surface area contributed by atoms with Crippen molar-refractivity contribution < 1.29 is 24.2 Å². The molecule has 0 saturated heterocycles. The first-order chi connectivity index (χ1) is 24.6. The van der Waals surface area contributed by atoms with Crippen LogP contribution >= 0.6 is 0 Å². The SMILES string of the molecule is CN(C)c1ccc(Oc2ccc3c4nc5nc(nc6[n-]c(nc7nc(nc([n-]4)c3c2)-c2ccccc2-7)c2ccccc62)-c2ccccc2-5)cc1.[Zn+2]. The fourth-order valence-electron chi connectivity index (χ4n) is 6.50. The van der Waals surface area contributed by atoms with E-state index in [4.69, 9.17) is 44.6 Å². The third-order valence-electron chi connectivity index (χ3n) is 8.98. The first kappa shape index (κ1) is 30.7. The van der Waals surface area contributed by atoms with Crippen LogP contribution in [0.25, 0.3) is 89.7 Å². The maximum atomic E-state index is 6.31. The molecule has 8 bridgehead atoms. The van der Waals surface area contributed by atoms with E-state index in [-0.39, 0.29) is 19.5 Å². The van der Waals surface area contributed by atoms with Gasteiger partial charge in [0.25, 0.3) is 0 Å². The zero-order valence-corrected chi connectivity index (χ0v) is 30.6. The Morgan fingerprint density at radius 2 is 0.824 bits per heavy atom. The van der Waals surface area contributed by atoms with Crippen molar-refractivity contribution in [3.05, 3.63) is 115 Å². The fourth-order valence-corrected chi connectivity index (χ4v) is 6.50. The third kappa shape index (κ3) is 5.13. The molecule has 0 spiro atoms. The van der Waals surface area contributed by atoms with Crippen molar-refractivity contribution in [3.8, 4) is 57.1 Å². The molecule has 10 nitrogen and oxygen atoms in total. The molecule has 51 heavy (non-hydrogen) atoms. The second-order valence-corrected chi connectivity index (χ2v) is 12.3.